The van der Waals surface area contributed by atoms with Gasteiger partial charge < -0.3 is 14.8 Å². The second kappa shape index (κ2) is 7.25. The molecule has 7 nitrogen and oxygen atoms in total. The number of carbonyl (C=O) groups is 1. The summed E-state index contributed by atoms with van der Waals surface area (Å²) < 4.78 is 35.7. The molecule has 1 amide bonds. The van der Waals surface area contributed by atoms with Gasteiger partial charge in [-0.1, -0.05) is 0 Å². The highest BCUT2D eigenvalue weighted by molar-refractivity contribution is 7.93. The summed E-state index contributed by atoms with van der Waals surface area (Å²) in [7, 11) is -0.196. The monoisotopic (exact) mass is 376 g/mol. The maximum absolute atomic E-state index is 12.5. The number of methoxy groups -OCH3 is 2. The van der Waals surface area contributed by atoms with Crippen LogP contribution >= 0.6 is 0 Å². The van der Waals surface area contributed by atoms with Gasteiger partial charge in [0.1, 0.15) is 11.5 Å². The number of ether oxygens (including phenoxy) is 2. The molecule has 0 aliphatic carbocycles. The fourth-order valence-electron chi connectivity index (χ4n) is 2.83. The molecule has 1 aliphatic rings. The lowest BCUT2D eigenvalue weighted by molar-refractivity contribution is 0.102. The van der Waals surface area contributed by atoms with Crippen molar-refractivity contribution in [3.05, 3.63) is 48.0 Å². The standard InChI is InChI=1S/C18H20N2O5S/c1-24-15-8-9-16(17(12-15)25-2)18(21)19-13-4-6-14(7-5-13)20-10-3-11-26(20,22)23/h4-9,12H,3,10-11H2,1-2H3,(H,19,21). The van der Waals surface area contributed by atoms with Crippen molar-refractivity contribution in [2.75, 3.05) is 36.1 Å². The van der Waals surface area contributed by atoms with Gasteiger partial charge in [0.05, 0.1) is 31.2 Å². The van der Waals surface area contributed by atoms with Crippen LogP contribution in [0, 0.1) is 0 Å². The van der Waals surface area contributed by atoms with Crippen molar-refractivity contribution >= 4 is 27.3 Å². The van der Waals surface area contributed by atoms with Crippen LogP contribution in [0.15, 0.2) is 42.5 Å². The molecule has 2 aromatic carbocycles. The number of rotatable bonds is 5. The molecule has 0 spiro atoms. The van der Waals surface area contributed by atoms with E-state index in [4.69, 9.17) is 9.47 Å². The molecule has 138 valence electrons. The topological polar surface area (TPSA) is 84.9 Å². The van der Waals surface area contributed by atoms with Crippen LogP contribution < -0.4 is 19.1 Å². The Kier molecular flexibility index (Phi) is 5.03. The molecular formula is C18H20N2O5S. The summed E-state index contributed by atoms with van der Waals surface area (Å²) in [5.41, 5.74) is 1.54. The maximum atomic E-state index is 12.5. The molecular weight excluding hydrogens is 356 g/mol. The van der Waals surface area contributed by atoms with Crippen LogP contribution in [0.1, 0.15) is 16.8 Å². The fraction of sp³-hybridized carbons (Fsp3) is 0.278. The Balaban J connectivity index is 1.76. The van der Waals surface area contributed by atoms with E-state index < -0.39 is 10.0 Å². The first-order valence-electron chi connectivity index (χ1n) is 8.08. The zero-order chi connectivity index (χ0) is 18.7. The van der Waals surface area contributed by atoms with Crippen molar-refractivity contribution in [3.8, 4) is 11.5 Å². The Morgan fingerprint density at radius 1 is 1.08 bits per heavy atom. The lowest BCUT2D eigenvalue weighted by atomic mass is 10.1. The van der Waals surface area contributed by atoms with Crippen molar-refractivity contribution < 1.29 is 22.7 Å². The molecule has 1 saturated heterocycles. The van der Waals surface area contributed by atoms with Gasteiger partial charge in [-0.15, -0.1) is 0 Å². The lowest BCUT2D eigenvalue weighted by Gasteiger charge is -2.17. The molecule has 1 N–H and O–H groups in total. The van der Waals surface area contributed by atoms with E-state index in [0.717, 1.165) is 0 Å². The molecule has 1 heterocycles. The van der Waals surface area contributed by atoms with Crippen molar-refractivity contribution in [2.45, 2.75) is 6.42 Å². The third-order valence-electron chi connectivity index (χ3n) is 4.17. The molecule has 2 aromatic rings. The van der Waals surface area contributed by atoms with Gasteiger partial charge in [0, 0.05) is 18.3 Å². The average Bonchev–Trinajstić information content (AvgIpc) is 3.00. The summed E-state index contributed by atoms with van der Waals surface area (Å²) in [6, 6.07) is 11.7. The summed E-state index contributed by atoms with van der Waals surface area (Å²) in [5.74, 6) is 0.838. The number of sulfonamides is 1. The SMILES string of the molecule is COc1ccc(C(=O)Nc2ccc(N3CCCS3(=O)=O)cc2)c(OC)c1. The predicted octanol–water partition coefficient (Wildman–Crippen LogP) is 2.50. The minimum absolute atomic E-state index is 0.169. The zero-order valence-corrected chi connectivity index (χ0v) is 15.4. The highest BCUT2D eigenvalue weighted by Crippen LogP contribution is 2.27. The van der Waals surface area contributed by atoms with Gasteiger partial charge in [-0.25, -0.2) is 8.42 Å². The molecule has 0 radical (unpaired) electrons. The predicted molar refractivity (Wildman–Crippen MR) is 99.7 cm³/mol. The third kappa shape index (κ3) is 3.60. The largest absolute Gasteiger partial charge is 0.497 e. The molecule has 0 saturated carbocycles. The summed E-state index contributed by atoms with van der Waals surface area (Å²) >= 11 is 0. The lowest BCUT2D eigenvalue weighted by Crippen LogP contribution is -2.25. The Morgan fingerprint density at radius 2 is 1.81 bits per heavy atom. The Bertz CT molecular complexity index is 910. The number of anilines is 2. The normalized spacial score (nSPS) is 15.5. The molecule has 26 heavy (non-hydrogen) atoms. The number of benzene rings is 2. The molecule has 1 fully saturated rings. The molecule has 8 heteroatoms. The van der Waals surface area contributed by atoms with E-state index >= 15 is 0 Å². The number of amides is 1. The molecule has 1 aliphatic heterocycles. The number of carbonyl (C=O) groups excluding carboxylic acids is 1. The van der Waals surface area contributed by atoms with E-state index in [-0.39, 0.29) is 11.7 Å². The molecule has 0 unspecified atom stereocenters. The van der Waals surface area contributed by atoms with Crippen LogP contribution in [-0.2, 0) is 10.0 Å². The summed E-state index contributed by atoms with van der Waals surface area (Å²) in [4.78, 5) is 12.5. The molecule has 0 bridgehead atoms. The first-order valence-corrected chi connectivity index (χ1v) is 9.69. The van der Waals surface area contributed by atoms with Gasteiger partial charge >= 0.3 is 0 Å². The van der Waals surface area contributed by atoms with Crippen LogP contribution in [-0.4, -0.2) is 40.8 Å². The van der Waals surface area contributed by atoms with E-state index in [1.807, 2.05) is 0 Å². The third-order valence-corrected chi connectivity index (χ3v) is 6.04. The van der Waals surface area contributed by atoms with E-state index in [1.54, 1.807) is 42.5 Å². The first-order chi connectivity index (χ1) is 12.4. The van der Waals surface area contributed by atoms with Gasteiger partial charge in [0.25, 0.3) is 5.91 Å². The van der Waals surface area contributed by atoms with E-state index in [0.29, 0.717) is 41.4 Å². The van der Waals surface area contributed by atoms with Crippen molar-refractivity contribution in [3.63, 3.8) is 0 Å². The first kappa shape index (κ1) is 18.1. The Hall–Kier alpha value is -2.74. The molecule has 3 rings (SSSR count). The van der Waals surface area contributed by atoms with Gasteiger partial charge in [-0.2, -0.15) is 0 Å². The maximum Gasteiger partial charge on any atom is 0.259 e. The number of hydrogen-bond donors (Lipinski definition) is 1. The van der Waals surface area contributed by atoms with Crippen molar-refractivity contribution in [1.29, 1.82) is 0 Å². The second-order valence-electron chi connectivity index (χ2n) is 5.81. The van der Waals surface area contributed by atoms with E-state index in [1.165, 1.54) is 18.5 Å². The van der Waals surface area contributed by atoms with E-state index in [2.05, 4.69) is 5.32 Å². The number of nitrogens with one attached hydrogen (secondary N) is 1. The minimum Gasteiger partial charge on any atom is -0.497 e. The van der Waals surface area contributed by atoms with Gasteiger partial charge in [0.2, 0.25) is 10.0 Å². The van der Waals surface area contributed by atoms with Gasteiger partial charge in [-0.05, 0) is 42.8 Å². The average molecular weight is 376 g/mol. The fourth-order valence-corrected chi connectivity index (χ4v) is 4.39. The summed E-state index contributed by atoms with van der Waals surface area (Å²) in [6.45, 7) is 0.483. The molecule has 0 atom stereocenters. The highest BCUT2D eigenvalue weighted by Gasteiger charge is 2.28. The summed E-state index contributed by atoms with van der Waals surface area (Å²) in [5, 5.41) is 2.78. The quantitative estimate of drug-likeness (QED) is 0.867. The Morgan fingerprint density at radius 3 is 2.38 bits per heavy atom. The van der Waals surface area contributed by atoms with Gasteiger partial charge in [-0.3, -0.25) is 9.10 Å². The van der Waals surface area contributed by atoms with Crippen LogP contribution in [0.3, 0.4) is 0 Å². The van der Waals surface area contributed by atoms with Gasteiger partial charge in [0.15, 0.2) is 0 Å². The highest BCUT2D eigenvalue weighted by atomic mass is 32.2. The minimum atomic E-state index is -3.22. The van der Waals surface area contributed by atoms with Crippen molar-refractivity contribution in [2.24, 2.45) is 0 Å². The number of nitrogens with zero attached hydrogens (tertiary/aromatic N) is 1. The van der Waals surface area contributed by atoms with E-state index in [9.17, 15) is 13.2 Å². The Labute approximate surface area is 152 Å². The van der Waals surface area contributed by atoms with Crippen LogP contribution in [0.2, 0.25) is 0 Å². The smallest absolute Gasteiger partial charge is 0.259 e. The van der Waals surface area contributed by atoms with Crippen LogP contribution in [0.5, 0.6) is 11.5 Å². The van der Waals surface area contributed by atoms with Crippen LogP contribution in [0.4, 0.5) is 11.4 Å². The molecule has 0 aromatic heterocycles. The number of hydrogen-bond acceptors (Lipinski definition) is 5. The summed E-state index contributed by atoms with van der Waals surface area (Å²) in [6.07, 6.45) is 0.623. The van der Waals surface area contributed by atoms with Crippen LogP contribution in [0.25, 0.3) is 0 Å². The zero-order valence-electron chi connectivity index (χ0n) is 14.6. The second-order valence-corrected chi connectivity index (χ2v) is 7.82. The van der Waals surface area contributed by atoms with Crippen molar-refractivity contribution in [1.82, 2.24) is 0 Å².